The molecule has 2 amide bonds. The molecular weight excluding hydrogens is 291 g/mol. The van der Waals surface area contributed by atoms with Gasteiger partial charge in [0.1, 0.15) is 6.61 Å². The molecule has 19 heavy (non-hydrogen) atoms. The first-order valence-corrected chi connectivity index (χ1v) is 5.65. The third kappa shape index (κ3) is 4.85. The molecule has 0 radical (unpaired) electrons. The van der Waals surface area contributed by atoms with Crippen LogP contribution in [0.15, 0.2) is 5.16 Å². The number of ether oxygens (including phenoxy) is 1. The summed E-state index contributed by atoms with van der Waals surface area (Å²) in [6.45, 7) is 0.501. The number of halogens is 3. The van der Waals surface area contributed by atoms with Gasteiger partial charge in [-0.25, -0.2) is 9.10 Å². The molecule has 0 aromatic rings. The van der Waals surface area contributed by atoms with E-state index in [1.165, 1.54) is 11.9 Å². The van der Waals surface area contributed by atoms with Gasteiger partial charge in [0, 0.05) is 14.1 Å². The number of rotatable bonds is 2. The fourth-order valence-corrected chi connectivity index (χ4v) is 1.42. The lowest BCUT2D eigenvalue weighted by atomic mass is 10.4. The number of amides is 2. The van der Waals surface area contributed by atoms with E-state index in [0.29, 0.717) is 6.54 Å². The summed E-state index contributed by atoms with van der Waals surface area (Å²) in [6, 6.07) is 0. The first-order chi connectivity index (χ1) is 8.70. The molecule has 108 valence electrons. The molecule has 0 unspecified atom stereocenters. The minimum Gasteiger partial charge on any atom is -0.470 e. The fourth-order valence-electron chi connectivity index (χ4n) is 1.00. The molecule has 0 atom stereocenters. The predicted octanol–water partition coefficient (Wildman–Crippen LogP) is 1.02. The van der Waals surface area contributed by atoms with Crippen LogP contribution < -0.4 is 0 Å². The fraction of sp³-hybridized carbons (Fsp3) is 0.625. The second-order valence-corrected chi connectivity index (χ2v) is 4.56. The van der Waals surface area contributed by atoms with Crippen molar-refractivity contribution in [1.29, 1.82) is 0 Å². The molecule has 1 heterocycles. The summed E-state index contributed by atoms with van der Waals surface area (Å²) < 4.78 is 40.9. The van der Waals surface area contributed by atoms with Crippen molar-refractivity contribution in [3.05, 3.63) is 0 Å². The molecule has 0 bridgehead atoms. The number of likely N-dealkylation sites (N-methyl/N-ethyl adjacent to an activating group) is 1. The van der Waals surface area contributed by atoms with Crippen molar-refractivity contribution in [2.24, 2.45) is 5.16 Å². The molecule has 1 aliphatic heterocycles. The Kier molecular flexibility index (Phi) is 4.86. The standard InChI is InChI=1S/C8H10F3N3O4S/c1-13-3-4-17-5(6(13)15)12-18-7(16)14(2)19-8(9,10)11/h3-4H2,1-2H3. The van der Waals surface area contributed by atoms with Gasteiger partial charge >= 0.3 is 23.4 Å². The van der Waals surface area contributed by atoms with Crippen LogP contribution in [0.5, 0.6) is 0 Å². The summed E-state index contributed by atoms with van der Waals surface area (Å²) >= 11 is -0.694. The van der Waals surface area contributed by atoms with Gasteiger partial charge < -0.3 is 9.64 Å². The lowest BCUT2D eigenvalue weighted by Gasteiger charge is -2.23. The maximum atomic E-state index is 12.0. The highest BCUT2D eigenvalue weighted by Gasteiger charge is 2.34. The van der Waals surface area contributed by atoms with Crippen molar-refractivity contribution < 1.29 is 32.3 Å². The first-order valence-electron chi connectivity index (χ1n) is 4.87. The Morgan fingerprint density at radius 1 is 1.58 bits per heavy atom. The van der Waals surface area contributed by atoms with Crippen LogP contribution in [0.25, 0.3) is 0 Å². The van der Waals surface area contributed by atoms with Crippen LogP contribution >= 0.6 is 11.9 Å². The zero-order chi connectivity index (χ0) is 14.6. The molecule has 0 aromatic heterocycles. The number of carbonyl (C=O) groups excluding carboxylic acids is 2. The average molecular weight is 301 g/mol. The van der Waals surface area contributed by atoms with E-state index >= 15 is 0 Å². The highest BCUT2D eigenvalue weighted by molar-refractivity contribution is 7.98. The molecule has 0 saturated carbocycles. The van der Waals surface area contributed by atoms with Gasteiger partial charge in [-0.05, 0) is 5.16 Å². The highest BCUT2D eigenvalue weighted by Crippen LogP contribution is 2.32. The molecule has 0 spiro atoms. The van der Waals surface area contributed by atoms with E-state index in [9.17, 15) is 22.8 Å². The Morgan fingerprint density at radius 2 is 2.21 bits per heavy atom. The zero-order valence-electron chi connectivity index (χ0n) is 9.93. The minimum absolute atomic E-state index is 0.158. The lowest BCUT2D eigenvalue weighted by Crippen LogP contribution is -2.42. The van der Waals surface area contributed by atoms with Crippen LogP contribution in [0.4, 0.5) is 18.0 Å². The van der Waals surface area contributed by atoms with Crippen LogP contribution in [-0.4, -0.2) is 59.9 Å². The molecule has 0 aromatic carbocycles. The van der Waals surface area contributed by atoms with Gasteiger partial charge in [-0.15, -0.1) is 0 Å². The quantitative estimate of drug-likeness (QED) is 0.433. The van der Waals surface area contributed by atoms with Crippen LogP contribution in [0.1, 0.15) is 0 Å². The maximum absolute atomic E-state index is 12.0. The van der Waals surface area contributed by atoms with Gasteiger partial charge in [-0.3, -0.25) is 9.63 Å². The third-order valence-corrected chi connectivity index (χ3v) is 2.53. The van der Waals surface area contributed by atoms with Gasteiger partial charge in [-0.2, -0.15) is 13.2 Å². The number of hydrogen-bond donors (Lipinski definition) is 0. The van der Waals surface area contributed by atoms with Crippen molar-refractivity contribution in [1.82, 2.24) is 9.21 Å². The van der Waals surface area contributed by atoms with Crippen molar-refractivity contribution >= 4 is 29.8 Å². The number of morpholine rings is 1. The molecule has 1 fully saturated rings. The number of nitrogens with zero attached hydrogens (tertiary/aromatic N) is 3. The average Bonchev–Trinajstić information content (AvgIpc) is 2.28. The maximum Gasteiger partial charge on any atom is 0.461 e. The first kappa shape index (κ1) is 15.4. The predicted molar refractivity (Wildman–Crippen MR) is 58.9 cm³/mol. The van der Waals surface area contributed by atoms with E-state index in [4.69, 9.17) is 4.74 Å². The summed E-state index contributed by atoms with van der Waals surface area (Å²) in [5.74, 6) is -1.10. The normalized spacial score (nSPS) is 18.3. The second kappa shape index (κ2) is 5.99. The summed E-state index contributed by atoms with van der Waals surface area (Å²) in [4.78, 5) is 28.0. The summed E-state index contributed by atoms with van der Waals surface area (Å²) in [5, 5.41) is 3.10. The molecule has 0 N–H and O–H groups in total. The van der Waals surface area contributed by atoms with E-state index in [0.717, 1.165) is 7.05 Å². The van der Waals surface area contributed by atoms with E-state index in [1.54, 1.807) is 0 Å². The lowest BCUT2D eigenvalue weighted by molar-refractivity contribution is -0.127. The van der Waals surface area contributed by atoms with E-state index in [2.05, 4.69) is 9.99 Å². The van der Waals surface area contributed by atoms with Gasteiger partial charge in [0.25, 0.3) is 0 Å². The second-order valence-electron chi connectivity index (χ2n) is 3.36. The molecule has 7 nitrogen and oxygen atoms in total. The van der Waals surface area contributed by atoms with Crippen LogP contribution in [-0.2, 0) is 14.4 Å². The summed E-state index contributed by atoms with van der Waals surface area (Å²) in [5.41, 5.74) is -4.63. The number of alkyl halides is 3. The number of oxime groups is 1. The van der Waals surface area contributed by atoms with Crippen LogP contribution in [0.3, 0.4) is 0 Å². The van der Waals surface area contributed by atoms with Crippen molar-refractivity contribution in [2.75, 3.05) is 27.2 Å². The number of carbonyl (C=O) groups is 2. The smallest absolute Gasteiger partial charge is 0.461 e. The van der Waals surface area contributed by atoms with Crippen molar-refractivity contribution in [3.8, 4) is 0 Å². The van der Waals surface area contributed by atoms with E-state index in [-0.39, 0.29) is 10.9 Å². The summed E-state index contributed by atoms with van der Waals surface area (Å²) in [6.07, 6.45) is -1.38. The van der Waals surface area contributed by atoms with E-state index < -0.39 is 35.4 Å². The Balaban J connectivity index is 2.55. The van der Waals surface area contributed by atoms with Crippen LogP contribution in [0, 0.1) is 0 Å². The molecule has 11 heteroatoms. The molecule has 0 aliphatic carbocycles. The Labute approximate surface area is 110 Å². The Hall–Kier alpha value is -1.65. The molecule has 1 rings (SSSR count). The monoisotopic (exact) mass is 301 g/mol. The Morgan fingerprint density at radius 3 is 2.79 bits per heavy atom. The summed E-state index contributed by atoms with van der Waals surface area (Å²) in [7, 11) is 2.34. The largest absolute Gasteiger partial charge is 0.470 e. The van der Waals surface area contributed by atoms with Gasteiger partial charge in [-0.1, -0.05) is 0 Å². The minimum atomic E-state index is -4.63. The van der Waals surface area contributed by atoms with Crippen molar-refractivity contribution in [3.63, 3.8) is 0 Å². The highest BCUT2D eigenvalue weighted by atomic mass is 32.2. The molecular formula is C8H10F3N3O4S. The number of hydrogen-bond acceptors (Lipinski definition) is 6. The van der Waals surface area contributed by atoms with E-state index in [1.807, 2.05) is 0 Å². The molecule has 1 saturated heterocycles. The topological polar surface area (TPSA) is 71.4 Å². The Bertz CT molecular complexity index is 401. The van der Waals surface area contributed by atoms with Gasteiger partial charge in [0.05, 0.1) is 18.5 Å². The van der Waals surface area contributed by atoms with Gasteiger partial charge in [0.15, 0.2) is 0 Å². The van der Waals surface area contributed by atoms with Crippen molar-refractivity contribution in [2.45, 2.75) is 5.51 Å². The third-order valence-electron chi connectivity index (χ3n) is 1.90. The van der Waals surface area contributed by atoms with Crippen LogP contribution in [0.2, 0.25) is 0 Å². The van der Waals surface area contributed by atoms with Gasteiger partial charge in [0.2, 0.25) is 0 Å². The SMILES string of the molecule is CN1CCOC(=NOC(=O)N(C)SC(F)(F)F)C1=O. The molecule has 1 aliphatic rings. The zero-order valence-corrected chi connectivity index (χ0v) is 10.7.